The van der Waals surface area contributed by atoms with Crippen molar-refractivity contribution in [1.29, 1.82) is 5.26 Å². The molecule has 0 bridgehead atoms. The minimum absolute atomic E-state index is 0.186. The van der Waals surface area contributed by atoms with E-state index in [1.165, 1.54) is 13.2 Å². The summed E-state index contributed by atoms with van der Waals surface area (Å²) in [5, 5.41) is 12.1. The molecule has 3 nitrogen and oxygen atoms in total. The van der Waals surface area contributed by atoms with Gasteiger partial charge in [-0.1, -0.05) is 72.3 Å². The van der Waals surface area contributed by atoms with Crippen molar-refractivity contribution in [2.24, 2.45) is 0 Å². The van der Waals surface area contributed by atoms with Crippen molar-refractivity contribution in [3.05, 3.63) is 106 Å². The number of hydrogen-bond donors (Lipinski definition) is 0. The Balaban J connectivity index is 1.65. The number of methoxy groups -OCH3 is 1. The third-order valence-electron chi connectivity index (χ3n) is 5.10. The molecule has 0 spiro atoms. The molecule has 0 aliphatic rings. The molecule has 4 aromatic carbocycles. The molecule has 0 aliphatic carbocycles. The predicted octanol–water partition coefficient (Wildman–Crippen LogP) is 7.28. The van der Waals surface area contributed by atoms with Crippen LogP contribution < -0.4 is 9.47 Å². The summed E-state index contributed by atoms with van der Waals surface area (Å²) in [5.74, 6) is 0.367. The molecule has 0 atom stereocenters. The monoisotopic (exact) mass is 443 g/mol. The molecular formula is C27H19ClFNO2. The summed E-state index contributed by atoms with van der Waals surface area (Å²) in [5.41, 5.74) is 2.03. The number of nitrogens with zero attached hydrogens (tertiary/aromatic N) is 1. The summed E-state index contributed by atoms with van der Waals surface area (Å²) in [7, 11) is 1.52. The van der Waals surface area contributed by atoms with Gasteiger partial charge in [-0.2, -0.15) is 5.26 Å². The summed E-state index contributed by atoms with van der Waals surface area (Å²) >= 11 is 6.51. The lowest BCUT2D eigenvalue weighted by atomic mass is 10.0. The third-order valence-corrected chi connectivity index (χ3v) is 5.38. The van der Waals surface area contributed by atoms with E-state index >= 15 is 0 Å². The highest BCUT2D eigenvalue weighted by atomic mass is 35.5. The molecule has 0 saturated carbocycles. The van der Waals surface area contributed by atoms with Crippen LogP contribution in [-0.4, -0.2) is 7.11 Å². The van der Waals surface area contributed by atoms with Gasteiger partial charge >= 0.3 is 0 Å². The van der Waals surface area contributed by atoms with E-state index in [-0.39, 0.29) is 11.1 Å². The van der Waals surface area contributed by atoms with Crippen molar-refractivity contribution in [2.75, 3.05) is 7.11 Å². The number of allylic oxidation sites excluding steroid dienone is 1. The Morgan fingerprint density at radius 1 is 1.03 bits per heavy atom. The molecular weight excluding hydrogens is 425 g/mol. The minimum atomic E-state index is -0.464. The van der Waals surface area contributed by atoms with E-state index in [2.05, 4.69) is 12.1 Å². The van der Waals surface area contributed by atoms with E-state index in [1.54, 1.807) is 36.4 Å². The van der Waals surface area contributed by atoms with Crippen LogP contribution in [0, 0.1) is 17.1 Å². The number of rotatable bonds is 6. The second-order valence-corrected chi connectivity index (χ2v) is 7.52. The maximum atomic E-state index is 14.1. The van der Waals surface area contributed by atoms with Gasteiger partial charge in [0.05, 0.1) is 23.8 Å². The molecule has 158 valence electrons. The molecule has 0 N–H and O–H groups in total. The van der Waals surface area contributed by atoms with Gasteiger partial charge in [-0.15, -0.1) is 0 Å². The fourth-order valence-corrected chi connectivity index (χ4v) is 3.82. The molecule has 4 aromatic rings. The first-order valence-corrected chi connectivity index (χ1v) is 10.3. The van der Waals surface area contributed by atoms with E-state index in [4.69, 9.17) is 21.1 Å². The zero-order valence-electron chi connectivity index (χ0n) is 17.3. The van der Waals surface area contributed by atoms with E-state index in [0.29, 0.717) is 28.7 Å². The maximum absolute atomic E-state index is 14.1. The fraction of sp³-hybridized carbons (Fsp3) is 0.0741. The van der Waals surface area contributed by atoms with Crippen molar-refractivity contribution in [3.63, 3.8) is 0 Å². The maximum Gasteiger partial charge on any atom is 0.180 e. The van der Waals surface area contributed by atoms with Crippen LogP contribution in [0.3, 0.4) is 0 Å². The molecule has 0 radical (unpaired) electrons. The molecule has 32 heavy (non-hydrogen) atoms. The second kappa shape index (κ2) is 9.55. The molecule has 5 heteroatoms. The molecule has 0 saturated heterocycles. The largest absolute Gasteiger partial charge is 0.493 e. The third kappa shape index (κ3) is 4.44. The van der Waals surface area contributed by atoms with E-state index in [9.17, 15) is 9.65 Å². The van der Waals surface area contributed by atoms with Crippen LogP contribution in [0.2, 0.25) is 5.02 Å². The van der Waals surface area contributed by atoms with Crippen LogP contribution >= 0.6 is 11.6 Å². The average Bonchev–Trinajstić information content (AvgIpc) is 2.82. The summed E-state index contributed by atoms with van der Waals surface area (Å²) in [4.78, 5) is 0. The Kier molecular flexibility index (Phi) is 6.39. The fourth-order valence-electron chi connectivity index (χ4n) is 3.55. The summed E-state index contributed by atoms with van der Waals surface area (Å²) in [6.45, 7) is 0.311. The highest BCUT2D eigenvalue weighted by Gasteiger charge is 2.14. The first kappa shape index (κ1) is 21.4. The summed E-state index contributed by atoms with van der Waals surface area (Å²) in [6.07, 6.45) is 1.57. The van der Waals surface area contributed by atoms with E-state index in [0.717, 1.165) is 16.3 Å². The molecule has 0 fully saturated rings. The summed E-state index contributed by atoms with van der Waals surface area (Å²) in [6, 6.07) is 25.7. The quantitative estimate of drug-likeness (QED) is 0.232. The normalized spacial score (nSPS) is 11.2. The highest BCUT2D eigenvalue weighted by molar-refractivity contribution is 6.32. The molecule has 0 aliphatic heterocycles. The number of hydrogen-bond acceptors (Lipinski definition) is 3. The van der Waals surface area contributed by atoms with E-state index in [1.807, 2.05) is 36.4 Å². The van der Waals surface area contributed by atoms with Gasteiger partial charge in [0.1, 0.15) is 12.4 Å². The standard InChI is InChI=1S/C27H19ClFNO2/c1-31-26-15-18(13-21(16-30)23-11-4-5-12-25(23)29)14-24(28)27(26)32-17-20-9-6-8-19-7-2-3-10-22(19)20/h2-15H,17H2,1H3. The van der Waals surface area contributed by atoms with Gasteiger partial charge in [0.2, 0.25) is 0 Å². The Bertz CT molecular complexity index is 1350. The Morgan fingerprint density at radius 2 is 1.78 bits per heavy atom. The van der Waals surface area contributed by atoms with Gasteiger partial charge in [0.25, 0.3) is 0 Å². The van der Waals surface area contributed by atoms with Crippen molar-refractivity contribution < 1.29 is 13.9 Å². The lowest BCUT2D eigenvalue weighted by Gasteiger charge is -2.14. The van der Waals surface area contributed by atoms with Crippen LogP contribution in [0.15, 0.2) is 78.9 Å². The lowest BCUT2D eigenvalue weighted by Crippen LogP contribution is -2.00. The Labute approximate surface area is 190 Å². The Morgan fingerprint density at radius 3 is 2.56 bits per heavy atom. The molecule has 0 amide bonds. The number of halogens is 2. The number of benzene rings is 4. The number of nitriles is 1. The molecule has 0 aromatic heterocycles. The Hall–Kier alpha value is -3.81. The number of ether oxygens (including phenoxy) is 2. The molecule has 0 unspecified atom stereocenters. The zero-order chi connectivity index (χ0) is 22.5. The summed E-state index contributed by atoms with van der Waals surface area (Å²) < 4.78 is 25.7. The predicted molar refractivity (Wildman–Crippen MR) is 126 cm³/mol. The second-order valence-electron chi connectivity index (χ2n) is 7.11. The van der Waals surface area contributed by atoms with Crippen LogP contribution in [0.25, 0.3) is 22.4 Å². The van der Waals surface area contributed by atoms with Crippen LogP contribution in [-0.2, 0) is 6.61 Å². The van der Waals surface area contributed by atoms with Gasteiger partial charge in [-0.25, -0.2) is 4.39 Å². The van der Waals surface area contributed by atoms with Crippen LogP contribution in [0.1, 0.15) is 16.7 Å². The lowest BCUT2D eigenvalue weighted by molar-refractivity contribution is 0.286. The zero-order valence-corrected chi connectivity index (χ0v) is 18.1. The molecule has 4 rings (SSSR count). The first-order chi connectivity index (χ1) is 15.6. The van der Waals surface area contributed by atoms with Gasteiger partial charge < -0.3 is 9.47 Å². The van der Waals surface area contributed by atoms with Crippen molar-refractivity contribution in [3.8, 4) is 17.6 Å². The first-order valence-electron chi connectivity index (χ1n) is 9.94. The van der Waals surface area contributed by atoms with Gasteiger partial charge in [0, 0.05) is 5.56 Å². The SMILES string of the molecule is COc1cc(C=C(C#N)c2ccccc2F)cc(Cl)c1OCc1cccc2ccccc12. The van der Waals surface area contributed by atoms with Crippen LogP contribution in [0.5, 0.6) is 11.5 Å². The van der Waals surface area contributed by atoms with Crippen LogP contribution in [0.4, 0.5) is 4.39 Å². The van der Waals surface area contributed by atoms with Gasteiger partial charge in [-0.3, -0.25) is 0 Å². The minimum Gasteiger partial charge on any atom is -0.493 e. The van der Waals surface area contributed by atoms with Crippen molar-refractivity contribution in [2.45, 2.75) is 6.61 Å². The highest BCUT2D eigenvalue weighted by Crippen LogP contribution is 2.38. The number of fused-ring (bicyclic) bond motifs is 1. The smallest absolute Gasteiger partial charge is 0.180 e. The molecule has 0 heterocycles. The van der Waals surface area contributed by atoms with Gasteiger partial charge in [-0.05, 0) is 46.2 Å². The topological polar surface area (TPSA) is 42.2 Å². The van der Waals surface area contributed by atoms with Gasteiger partial charge in [0.15, 0.2) is 11.5 Å². The van der Waals surface area contributed by atoms with E-state index < -0.39 is 5.82 Å². The average molecular weight is 444 g/mol. The van der Waals surface area contributed by atoms with Crippen molar-refractivity contribution >= 4 is 34.0 Å². The van der Waals surface area contributed by atoms with Crippen molar-refractivity contribution in [1.82, 2.24) is 0 Å².